The second-order valence-electron chi connectivity index (χ2n) is 6.00. The van der Waals surface area contributed by atoms with Gasteiger partial charge in [0.15, 0.2) is 11.5 Å². The van der Waals surface area contributed by atoms with Crippen LogP contribution in [0.2, 0.25) is 0 Å². The van der Waals surface area contributed by atoms with Crippen LogP contribution in [0.15, 0.2) is 42.6 Å². The van der Waals surface area contributed by atoms with E-state index in [1.165, 1.54) is 5.56 Å². The number of nitrogens with one attached hydrogen (secondary N) is 2. The Bertz CT molecular complexity index is 688. The van der Waals surface area contributed by atoms with Crippen LogP contribution in [-0.4, -0.2) is 30.5 Å². The van der Waals surface area contributed by atoms with Gasteiger partial charge in [-0.2, -0.15) is 0 Å². The number of aromatic nitrogens is 1. The zero-order chi connectivity index (χ0) is 16.8. The van der Waals surface area contributed by atoms with E-state index in [1.54, 1.807) is 6.20 Å². The van der Waals surface area contributed by atoms with E-state index < -0.39 is 0 Å². The molecule has 5 heteroatoms. The highest BCUT2D eigenvalue weighted by Crippen LogP contribution is 2.34. The molecule has 1 aromatic carbocycles. The maximum absolute atomic E-state index is 8.21. The summed E-state index contributed by atoms with van der Waals surface area (Å²) in [5, 5.41) is 11.4. The third-order valence-electron chi connectivity index (χ3n) is 4.09. The number of rotatable bonds is 7. The minimum absolute atomic E-state index is 0.281. The van der Waals surface area contributed by atoms with E-state index in [2.05, 4.69) is 23.3 Å². The number of fused-ring (bicyclic) bond motifs is 1. The van der Waals surface area contributed by atoms with Crippen LogP contribution in [0.25, 0.3) is 0 Å². The fourth-order valence-corrected chi connectivity index (χ4v) is 2.76. The fraction of sp³-hybridized carbons (Fsp3) is 0.368. The number of benzene rings is 1. The number of hydrogen-bond donors (Lipinski definition) is 2. The molecule has 0 saturated heterocycles. The lowest BCUT2D eigenvalue weighted by Gasteiger charge is -2.20. The summed E-state index contributed by atoms with van der Waals surface area (Å²) >= 11 is 0. The Hall–Kier alpha value is -2.56. The molecule has 0 saturated carbocycles. The standard InChI is InChI=1S/C19H23N3O2/c1-14(15-5-6-17-18(13-15)24-11-10-23-17)12-16(20)7-9-22-19-4-2-3-8-21-19/h2-6,8,13-14,20H,7,9-12H2,1H3,(H,21,22). The van der Waals surface area contributed by atoms with E-state index in [1.807, 2.05) is 30.3 Å². The van der Waals surface area contributed by atoms with Gasteiger partial charge >= 0.3 is 0 Å². The third-order valence-corrected chi connectivity index (χ3v) is 4.09. The molecule has 2 N–H and O–H groups in total. The van der Waals surface area contributed by atoms with Crippen molar-refractivity contribution in [2.24, 2.45) is 0 Å². The van der Waals surface area contributed by atoms with Crippen molar-refractivity contribution < 1.29 is 9.47 Å². The van der Waals surface area contributed by atoms with Crippen LogP contribution in [0.4, 0.5) is 5.82 Å². The first-order chi connectivity index (χ1) is 11.7. The van der Waals surface area contributed by atoms with Crippen LogP contribution in [-0.2, 0) is 0 Å². The van der Waals surface area contributed by atoms with Gasteiger partial charge in [0.25, 0.3) is 0 Å². The average molecular weight is 325 g/mol. The lowest BCUT2D eigenvalue weighted by molar-refractivity contribution is 0.171. The van der Waals surface area contributed by atoms with Crippen molar-refractivity contribution in [2.75, 3.05) is 25.1 Å². The predicted molar refractivity (Wildman–Crippen MR) is 95.5 cm³/mol. The Labute approximate surface area is 142 Å². The number of anilines is 1. The van der Waals surface area contributed by atoms with Crippen molar-refractivity contribution in [3.63, 3.8) is 0 Å². The SMILES string of the molecule is CC(CC(=N)CCNc1ccccn1)c1ccc2c(c1)OCCO2. The smallest absolute Gasteiger partial charge is 0.161 e. The van der Waals surface area contributed by atoms with E-state index in [-0.39, 0.29) is 5.92 Å². The quantitative estimate of drug-likeness (QED) is 0.758. The van der Waals surface area contributed by atoms with Crippen LogP contribution >= 0.6 is 0 Å². The van der Waals surface area contributed by atoms with Gasteiger partial charge in [0.2, 0.25) is 0 Å². The summed E-state index contributed by atoms with van der Waals surface area (Å²) in [6, 6.07) is 11.8. The molecule has 5 nitrogen and oxygen atoms in total. The van der Waals surface area contributed by atoms with Gasteiger partial charge in [0, 0.05) is 24.9 Å². The molecular weight excluding hydrogens is 302 g/mol. The first kappa shape index (κ1) is 16.3. The largest absolute Gasteiger partial charge is 0.486 e. The van der Waals surface area contributed by atoms with Crippen molar-refractivity contribution in [3.05, 3.63) is 48.2 Å². The van der Waals surface area contributed by atoms with Crippen molar-refractivity contribution in [3.8, 4) is 11.5 Å². The van der Waals surface area contributed by atoms with E-state index in [9.17, 15) is 0 Å². The molecule has 0 bridgehead atoms. The van der Waals surface area contributed by atoms with Crippen molar-refractivity contribution in [1.29, 1.82) is 5.41 Å². The summed E-state index contributed by atoms with van der Waals surface area (Å²) in [6.45, 7) is 4.07. The van der Waals surface area contributed by atoms with Crippen molar-refractivity contribution in [1.82, 2.24) is 4.98 Å². The zero-order valence-electron chi connectivity index (χ0n) is 13.9. The zero-order valence-corrected chi connectivity index (χ0v) is 13.9. The molecule has 2 aromatic rings. The van der Waals surface area contributed by atoms with E-state index in [4.69, 9.17) is 14.9 Å². The van der Waals surface area contributed by atoms with Gasteiger partial charge in [-0.1, -0.05) is 19.1 Å². The number of hydrogen-bond acceptors (Lipinski definition) is 5. The first-order valence-corrected chi connectivity index (χ1v) is 8.33. The Morgan fingerprint density at radius 2 is 2.04 bits per heavy atom. The van der Waals surface area contributed by atoms with Gasteiger partial charge in [0.05, 0.1) is 0 Å². The summed E-state index contributed by atoms with van der Waals surface area (Å²) in [5.74, 6) is 2.76. The third kappa shape index (κ3) is 4.25. The Kier molecular flexibility index (Phi) is 5.31. The van der Waals surface area contributed by atoms with Crippen molar-refractivity contribution in [2.45, 2.75) is 25.7 Å². The van der Waals surface area contributed by atoms with Crippen molar-refractivity contribution >= 4 is 11.5 Å². The summed E-state index contributed by atoms with van der Waals surface area (Å²) in [4.78, 5) is 4.22. The van der Waals surface area contributed by atoms with Gasteiger partial charge in [-0.25, -0.2) is 4.98 Å². The maximum Gasteiger partial charge on any atom is 0.161 e. The van der Waals surface area contributed by atoms with Gasteiger partial charge < -0.3 is 20.2 Å². The van der Waals surface area contributed by atoms with E-state index >= 15 is 0 Å². The summed E-state index contributed by atoms with van der Waals surface area (Å²) in [5.41, 5.74) is 1.92. The van der Waals surface area contributed by atoms with Gasteiger partial charge in [-0.15, -0.1) is 0 Å². The van der Waals surface area contributed by atoms with Crippen LogP contribution in [0.1, 0.15) is 31.2 Å². The van der Waals surface area contributed by atoms with Gasteiger partial charge in [0.1, 0.15) is 19.0 Å². The number of ether oxygens (including phenoxy) is 2. The highest BCUT2D eigenvalue weighted by molar-refractivity contribution is 5.82. The maximum atomic E-state index is 8.21. The molecule has 0 aliphatic carbocycles. The van der Waals surface area contributed by atoms with Gasteiger partial charge in [-0.05, 0) is 42.2 Å². The van der Waals surface area contributed by atoms with Crippen LogP contribution < -0.4 is 14.8 Å². The molecule has 1 aliphatic rings. The molecule has 24 heavy (non-hydrogen) atoms. The van der Waals surface area contributed by atoms with Gasteiger partial charge in [-0.3, -0.25) is 0 Å². The molecule has 1 aromatic heterocycles. The molecular formula is C19H23N3O2. The first-order valence-electron chi connectivity index (χ1n) is 8.33. The molecule has 3 rings (SSSR count). The highest BCUT2D eigenvalue weighted by Gasteiger charge is 2.15. The highest BCUT2D eigenvalue weighted by atomic mass is 16.6. The van der Waals surface area contributed by atoms with E-state index in [0.29, 0.717) is 19.6 Å². The minimum atomic E-state index is 0.281. The summed E-state index contributed by atoms with van der Waals surface area (Å²) in [7, 11) is 0. The number of pyridine rings is 1. The minimum Gasteiger partial charge on any atom is -0.486 e. The molecule has 1 aliphatic heterocycles. The monoisotopic (exact) mass is 325 g/mol. The van der Waals surface area contributed by atoms with E-state index in [0.717, 1.165) is 36.0 Å². The average Bonchev–Trinajstić information content (AvgIpc) is 2.62. The lowest BCUT2D eigenvalue weighted by Crippen LogP contribution is -2.16. The molecule has 2 heterocycles. The molecule has 0 amide bonds. The molecule has 1 atom stereocenters. The molecule has 0 fully saturated rings. The fourth-order valence-electron chi connectivity index (χ4n) is 2.76. The molecule has 0 radical (unpaired) electrons. The summed E-state index contributed by atoms with van der Waals surface area (Å²) < 4.78 is 11.2. The second kappa shape index (κ2) is 7.81. The molecule has 126 valence electrons. The Morgan fingerprint density at radius 1 is 1.21 bits per heavy atom. The normalized spacial score (nSPS) is 14.0. The molecule has 0 spiro atoms. The Morgan fingerprint density at radius 3 is 2.83 bits per heavy atom. The lowest BCUT2D eigenvalue weighted by atomic mass is 9.94. The Balaban J connectivity index is 1.49. The number of nitrogens with zero attached hydrogens (tertiary/aromatic N) is 1. The predicted octanol–water partition coefficient (Wildman–Crippen LogP) is 3.87. The van der Waals surface area contributed by atoms with Crippen LogP contribution in [0.5, 0.6) is 11.5 Å². The topological polar surface area (TPSA) is 67.2 Å². The van der Waals surface area contributed by atoms with Crippen LogP contribution in [0, 0.1) is 5.41 Å². The molecule has 1 unspecified atom stereocenters. The van der Waals surface area contributed by atoms with Crippen LogP contribution in [0.3, 0.4) is 0 Å². The second-order valence-corrected chi connectivity index (χ2v) is 6.00. The summed E-state index contributed by atoms with van der Waals surface area (Å²) in [6.07, 6.45) is 3.21.